The minimum Gasteiger partial charge on any atom is -0.459 e. The van der Waals surface area contributed by atoms with E-state index in [1.807, 2.05) is 18.2 Å². The molecule has 0 spiro atoms. The van der Waals surface area contributed by atoms with Crippen LogP contribution in [0.2, 0.25) is 0 Å². The number of nitrogens with zero attached hydrogens (tertiary/aromatic N) is 2. The van der Waals surface area contributed by atoms with E-state index in [1.165, 1.54) is 0 Å². The van der Waals surface area contributed by atoms with E-state index in [4.69, 9.17) is 4.74 Å². The van der Waals surface area contributed by atoms with Gasteiger partial charge in [-0.1, -0.05) is 0 Å². The zero-order chi connectivity index (χ0) is 14.9. The van der Waals surface area contributed by atoms with Gasteiger partial charge in [-0.05, 0) is 55.5 Å². The maximum Gasteiger partial charge on any atom is 0.330 e. The third-order valence-corrected chi connectivity index (χ3v) is 4.35. The summed E-state index contributed by atoms with van der Waals surface area (Å²) in [5.74, 6) is -1.55. The molecule has 0 aliphatic carbocycles. The SMILES string of the molecule is CC(C)(C)OC(=O)C(C#N)c1nccc2sc(I)cc12. The fourth-order valence-corrected chi connectivity index (χ4v) is 3.58. The molecule has 0 aromatic carbocycles. The molecule has 0 amide bonds. The first-order chi connectivity index (χ1) is 9.31. The Bertz CT molecular complexity index is 697. The van der Waals surface area contributed by atoms with Gasteiger partial charge in [0.25, 0.3) is 0 Å². The number of esters is 1. The number of ether oxygens (including phenoxy) is 1. The number of nitriles is 1. The van der Waals surface area contributed by atoms with Crippen LogP contribution < -0.4 is 0 Å². The number of aromatic nitrogens is 1. The van der Waals surface area contributed by atoms with Gasteiger partial charge in [0.15, 0.2) is 5.92 Å². The first-order valence-corrected chi connectivity index (χ1v) is 7.88. The van der Waals surface area contributed by atoms with Gasteiger partial charge in [0.05, 0.1) is 14.6 Å². The summed E-state index contributed by atoms with van der Waals surface area (Å²) in [4.78, 5) is 16.4. The summed E-state index contributed by atoms with van der Waals surface area (Å²) >= 11 is 3.82. The van der Waals surface area contributed by atoms with Crippen LogP contribution >= 0.6 is 33.9 Å². The largest absolute Gasteiger partial charge is 0.459 e. The van der Waals surface area contributed by atoms with Crippen LogP contribution in [0.3, 0.4) is 0 Å². The molecule has 2 heterocycles. The summed E-state index contributed by atoms with van der Waals surface area (Å²) in [6.07, 6.45) is 1.62. The molecule has 0 N–H and O–H groups in total. The first kappa shape index (κ1) is 15.2. The van der Waals surface area contributed by atoms with Gasteiger partial charge in [0.1, 0.15) is 5.60 Å². The highest BCUT2D eigenvalue weighted by Crippen LogP contribution is 2.32. The average molecular weight is 400 g/mol. The van der Waals surface area contributed by atoms with Crippen molar-refractivity contribution < 1.29 is 9.53 Å². The molecule has 2 aromatic rings. The molecule has 0 aliphatic rings. The molecule has 1 atom stereocenters. The number of halogens is 1. The molecule has 2 aromatic heterocycles. The summed E-state index contributed by atoms with van der Waals surface area (Å²) in [6.45, 7) is 5.34. The lowest BCUT2D eigenvalue weighted by Crippen LogP contribution is -2.27. The van der Waals surface area contributed by atoms with Gasteiger partial charge in [-0.3, -0.25) is 9.78 Å². The van der Waals surface area contributed by atoms with Gasteiger partial charge >= 0.3 is 5.97 Å². The van der Waals surface area contributed by atoms with E-state index in [-0.39, 0.29) is 0 Å². The fraction of sp³-hybridized carbons (Fsp3) is 0.357. The van der Waals surface area contributed by atoms with Crippen molar-refractivity contribution >= 4 is 50.0 Å². The molecule has 1 unspecified atom stereocenters. The van der Waals surface area contributed by atoms with Crippen LogP contribution in [0.25, 0.3) is 10.1 Å². The van der Waals surface area contributed by atoms with Gasteiger partial charge in [-0.25, -0.2) is 0 Å². The van der Waals surface area contributed by atoms with Gasteiger partial charge in [-0.2, -0.15) is 5.26 Å². The molecule has 4 nitrogen and oxygen atoms in total. The molecule has 0 saturated carbocycles. The van der Waals surface area contributed by atoms with Crippen molar-refractivity contribution in [1.29, 1.82) is 5.26 Å². The Hall–Kier alpha value is -1.20. The molecule has 0 aliphatic heterocycles. The number of hydrogen-bond donors (Lipinski definition) is 0. The Morgan fingerprint density at radius 2 is 2.25 bits per heavy atom. The summed E-state index contributed by atoms with van der Waals surface area (Å²) in [6, 6.07) is 5.83. The van der Waals surface area contributed by atoms with E-state index < -0.39 is 17.5 Å². The topological polar surface area (TPSA) is 63.0 Å². The van der Waals surface area contributed by atoms with Crippen molar-refractivity contribution in [2.75, 3.05) is 0 Å². The van der Waals surface area contributed by atoms with E-state index in [2.05, 4.69) is 27.6 Å². The second-order valence-corrected chi connectivity index (χ2v) is 8.23. The molecule has 0 saturated heterocycles. The lowest BCUT2D eigenvalue weighted by atomic mass is 10.0. The lowest BCUT2D eigenvalue weighted by Gasteiger charge is -2.21. The Morgan fingerprint density at radius 3 is 2.85 bits per heavy atom. The quantitative estimate of drug-likeness (QED) is 0.568. The molecular formula is C14H13IN2O2S. The van der Waals surface area contributed by atoms with Crippen molar-refractivity contribution in [3.63, 3.8) is 0 Å². The van der Waals surface area contributed by atoms with Crippen molar-refractivity contribution in [2.45, 2.75) is 32.3 Å². The Labute approximate surface area is 134 Å². The Kier molecular flexibility index (Phi) is 4.30. The molecular weight excluding hydrogens is 387 g/mol. The minimum absolute atomic E-state index is 0.471. The van der Waals surface area contributed by atoms with Crippen LogP contribution in [0.1, 0.15) is 32.4 Å². The molecule has 104 valence electrons. The van der Waals surface area contributed by atoms with Crippen molar-refractivity contribution in [3.8, 4) is 6.07 Å². The zero-order valence-electron chi connectivity index (χ0n) is 11.3. The second kappa shape index (κ2) is 5.66. The van der Waals surface area contributed by atoms with Crippen LogP contribution in [0.15, 0.2) is 18.3 Å². The number of carbonyl (C=O) groups is 1. The molecule has 0 fully saturated rings. The summed E-state index contributed by atoms with van der Waals surface area (Å²) in [7, 11) is 0. The molecule has 0 bridgehead atoms. The van der Waals surface area contributed by atoms with Crippen LogP contribution in [-0.2, 0) is 9.53 Å². The zero-order valence-corrected chi connectivity index (χ0v) is 14.3. The van der Waals surface area contributed by atoms with Gasteiger partial charge in [0, 0.05) is 16.3 Å². The third kappa shape index (κ3) is 3.27. The first-order valence-electron chi connectivity index (χ1n) is 5.98. The van der Waals surface area contributed by atoms with E-state index in [0.29, 0.717) is 5.69 Å². The van der Waals surface area contributed by atoms with Crippen molar-refractivity contribution in [1.82, 2.24) is 4.98 Å². The predicted molar refractivity (Wildman–Crippen MR) is 86.5 cm³/mol. The highest BCUT2D eigenvalue weighted by molar-refractivity contribution is 14.1. The number of thiophene rings is 1. The summed E-state index contributed by atoms with van der Waals surface area (Å²) in [5, 5.41) is 10.2. The van der Waals surface area contributed by atoms with E-state index in [1.54, 1.807) is 38.3 Å². The van der Waals surface area contributed by atoms with E-state index in [9.17, 15) is 10.1 Å². The normalized spacial score (nSPS) is 12.9. The van der Waals surface area contributed by atoms with Crippen LogP contribution in [0.5, 0.6) is 0 Å². The number of hydrogen-bond acceptors (Lipinski definition) is 5. The number of carbonyl (C=O) groups excluding carboxylic acids is 1. The summed E-state index contributed by atoms with van der Waals surface area (Å²) < 4.78 is 7.41. The second-order valence-electron chi connectivity index (χ2n) is 5.25. The van der Waals surface area contributed by atoms with Crippen LogP contribution in [0.4, 0.5) is 0 Å². The van der Waals surface area contributed by atoms with Gasteiger partial charge < -0.3 is 4.74 Å². The van der Waals surface area contributed by atoms with Crippen molar-refractivity contribution in [3.05, 3.63) is 26.9 Å². The Morgan fingerprint density at radius 1 is 1.55 bits per heavy atom. The predicted octanol–water partition coefficient (Wildman–Crippen LogP) is 3.85. The maximum atomic E-state index is 12.2. The average Bonchev–Trinajstić information content (AvgIpc) is 2.68. The summed E-state index contributed by atoms with van der Waals surface area (Å²) in [5.41, 5.74) is -0.151. The maximum absolute atomic E-state index is 12.2. The van der Waals surface area contributed by atoms with Gasteiger partial charge in [-0.15, -0.1) is 11.3 Å². The lowest BCUT2D eigenvalue weighted by molar-refractivity contribution is -0.155. The number of rotatable bonds is 2. The molecule has 0 radical (unpaired) electrons. The monoisotopic (exact) mass is 400 g/mol. The van der Waals surface area contributed by atoms with Crippen LogP contribution in [-0.4, -0.2) is 16.6 Å². The third-order valence-electron chi connectivity index (χ3n) is 2.49. The molecule has 2 rings (SSSR count). The highest BCUT2D eigenvalue weighted by Gasteiger charge is 2.29. The highest BCUT2D eigenvalue weighted by atomic mass is 127. The van der Waals surface area contributed by atoms with Crippen molar-refractivity contribution in [2.24, 2.45) is 0 Å². The van der Waals surface area contributed by atoms with E-state index >= 15 is 0 Å². The van der Waals surface area contributed by atoms with Crippen LogP contribution in [0, 0.1) is 14.2 Å². The smallest absolute Gasteiger partial charge is 0.330 e. The van der Waals surface area contributed by atoms with Gasteiger partial charge in [0.2, 0.25) is 0 Å². The number of pyridine rings is 1. The van der Waals surface area contributed by atoms with E-state index in [0.717, 1.165) is 13.0 Å². The fourth-order valence-electron chi connectivity index (χ4n) is 1.77. The molecule has 6 heteroatoms. The minimum atomic E-state index is -0.997. The standard InChI is InChI=1S/C14H13IN2O2S/c1-14(2,3)19-13(18)9(7-16)12-8-6-11(15)20-10(8)4-5-17-12/h4-6,9H,1-3H3. The molecule has 20 heavy (non-hydrogen) atoms. The Balaban J connectivity index is 2.45. The number of fused-ring (bicyclic) bond motifs is 1.